The maximum absolute atomic E-state index is 12.3. The van der Waals surface area contributed by atoms with Crippen molar-refractivity contribution in [2.45, 2.75) is 13.3 Å². The SMILES string of the molecule is CCN(CCCCl)C(=O)c1ccc2c(c1)OCO2. The smallest absolute Gasteiger partial charge is 0.253 e. The Morgan fingerprint density at radius 2 is 2.17 bits per heavy atom. The maximum atomic E-state index is 12.3. The Morgan fingerprint density at radius 3 is 2.89 bits per heavy atom. The minimum Gasteiger partial charge on any atom is -0.454 e. The number of fused-ring (bicyclic) bond motifs is 1. The zero-order chi connectivity index (χ0) is 13.0. The van der Waals surface area contributed by atoms with E-state index in [1.54, 1.807) is 23.1 Å². The first kappa shape index (κ1) is 13.0. The van der Waals surface area contributed by atoms with Crippen LogP contribution in [-0.4, -0.2) is 36.6 Å². The minimum absolute atomic E-state index is 0.000849. The van der Waals surface area contributed by atoms with Gasteiger partial charge in [-0.05, 0) is 31.5 Å². The van der Waals surface area contributed by atoms with Gasteiger partial charge in [0.25, 0.3) is 5.91 Å². The van der Waals surface area contributed by atoms with E-state index in [9.17, 15) is 4.79 Å². The van der Waals surface area contributed by atoms with E-state index in [1.165, 1.54) is 0 Å². The normalized spacial score (nSPS) is 12.6. The topological polar surface area (TPSA) is 38.8 Å². The van der Waals surface area contributed by atoms with Crippen molar-refractivity contribution in [1.29, 1.82) is 0 Å². The van der Waals surface area contributed by atoms with Gasteiger partial charge in [-0.3, -0.25) is 4.79 Å². The van der Waals surface area contributed by atoms with Gasteiger partial charge in [0.2, 0.25) is 6.79 Å². The molecule has 0 N–H and O–H groups in total. The van der Waals surface area contributed by atoms with Gasteiger partial charge in [-0.2, -0.15) is 0 Å². The summed E-state index contributed by atoms with van der Waals surface area (Å²) >= 11 is 5.66. The first-order chi connectivity index (χ1) is 8.76. The molecule has 1 heterocycles. The molecule has 5 heteroatoms. The number of ether oxygens (including phenoxy) is 2. The van der Waals surface area contributed by atoms with E-state index in [1.807, 2.05) is 6.92 Å². The first-order valence-corrected chi connectivity index (χ1v) is 6.54. The van der Waals surface area contributed by atoms with Gasteiger partial charge < -0.3 is 14.4 Å². The molecule has 1 aromatic rings. The Hall–Kier alpha value is -1.42. The molecule has 1 aliphatic heterocycles. The Labute approximate surface area is 111 Å². The molecule has 0 saturated carbocycles. The van der Waals surface area contributed by atoms with Crippen LogP contribution in [0.5, 0.6) is 11.5 Å². The summed E-state index contributed by atoms with van der Waals surface area (Å²) in [4.78, 5) is 14.0. The zero-order valence-electron chi connectivity index (χ0n) is 10.3. The second kappa shape index (κ2) is 5.96. The van der Waals surface area contributed by atoms with E-state index in [0.29, 0.717) is 36.0 Å². The molecule has 0 bridgehead atoms. The number of hydrogen-bond acceptors (Lipinski definition) is 3. The van der Waals surface area contributed by atoms with E-state index >= 15 is 0 Å². The van der Waals surface area contributed by atoms with Crippen molar-refractivity contribution in [3.05, 3.63) is 23.8 Å². The fourth-order valence-corrected chi connectivity index (χ4v) is 1.99. The first-order valence-electron chi connectivity index (χ1n) is 6.01. The standard InChI is InChI=1S/C13H16ClNO3/c1-2-15(7-3-6-14)13(16)10-4-5-11-12(8-10)18-9-17-11/h4-5,8H,2-3,6-7,9H2,1H3. The predicted octanol–water partition coefficient (Wildman–Crippen LogP) is 2.51. The van der Waals surface area contributed by atoms with E-state index in [2.05, 4.69) is 0 Å². The average molecular weight is 270 g/mol. The number of halogens is 1. The van der Waals surface area contributed by atoms with Crippen molar-refractivity contribution in [2.24, 2.45) is 0 Å². The lowest BCUT2D eigenvalue weighted by Gasteiger charge is -2.20. The van der Waals surface area contributed by atoms with Gasteiger partial charge in [-0.15, -0.1) is 11.6 Å². The van der Waals surface area contributed by atoms with Crippen molar-refractivity contribution in [3.8, 4) is 11.5 Å². The van der Waals surface area contributed by atoms with Crippen LogP contribution in [0.2, 0.25) is 0 Å². The van der Waals surface area contributed by atoms with Crippen molar-refractivity contribution < 1.29 is 14.3 Å². The highest BCUT2D eigenvalue weighted by molar-refractivity contribution is 6.17. The lowest BCUT2D eigenvalue weighted by Crippen LogP contribution is -2.31. The number of alkyl halides is 1. The maximum Gasteiger partial charge on any atom is 0.253 e. The molecule has 2 rings (SSSR count). The Morgan fingerprint density at radius 1 is 1.39 bits per heavy atom. The number of hydrogen-bond donors (Lipinski definition) is 0. The van der Waals surface area contributed by atoms with Gasteiger partial charge in [0.15, 0.2) is 11.5 Å². The van der Waals surface area contributed by atoms with Crippen molar-refractivity contribution >= 4 is 17.5 Å². The molecule has 0 atom stereocenters. The quantitative estimate of drug-likeness (QED) is 0.771. The molecule has 1 aromatic carbocycles. The van der Waals surface area contributed by atoms with Crippen LogP contribution >= 0.6 is 11.6 Å². The zero-order valence-corrected chi connectivity index (χ0v) is 11.1. The molecular formula is C13H16ClNO3. The van der Waals surface area contributed by atoms with E-state index < -0.39 is 0 Å². The Bertz CT molecular complexity index is 436. The summed E-state index contributed by atoms with van der Waals surface area (Å²) in [6.07, 6.45) is 0.797. The van der Waals surface area contributed by atoms with Gasteiger partial charge in [0, 0.05) is 24.5 Å². The van der Waals surface area contributed by atoms with E-state index in [0.717, 1.165) is 6.42 Å². The summed E-state index contributed by atoms with van der Waals surface area (Å²) in [6.45, 7) is 3.52. The molecule has 0 radical (unpaired) electrons. The van der Waals surface area contributed by atoms with Crippen LogP contribution in [0.15, 0.2) is 18.2 Å². The van der Waals surface area contributed by atoms with Crippen LogP contribution in [0.25, 0.3) is 0 Å². The Kier molecular flexibility index (Phi) is 4.31. The predicted molar refractivity (Wildman–Crippen MR) is 69.5 cm³/mol. The molecule has 18 heavy (non-hydrogen) atoms. The molecule has 0 fully saturated rings. The molecule has 1 aliphatic rings. The number of nitrogens with zero attached hydrogens (tertiary/aromatic N) is 1. The summed E-state index contributed by atoms with van der Waals surface area (Å²) in [5.74, 6) is 1.88. The van der Waals surface area contributed by atoms with Gasteiger partial charge in [0.05, 0.1) is 0 Å². The third-order valence-electron chi connectivity index (χ3n) is 2.85. The van der Waals surface area contributed by atoms with Crippen LogP contribution in [-0.2, 0) is 0 Å². The van der Waals surface area contributed by atoms with Crippen LogP contribution in [0.3, 0.4) is 0 Å². The molecular weight excluding hydrogens is 254 g/mol. The number of benzene rings is 1. The van der Waals surface area contributed by atoms with Crippen LogP contribution < -0.4 is 9.47 Å². The second-order valence-corrected chi connectivity index (χ2v) is 4.37. The van der Waals surface area contributed by atoms with E-state index in [-0.39, 0.29) is 12.7 Å². The summed E-state index contributed by atoms with van der Waals surface area (Å²) in [5, 5.41) is 0. The molecule has 1 amide bonds. The molecule has 98 valence electrons. The third kappa shape index (κ3) is 2.70. The highest BCUT2D eigenvalue weighted by atomic mass is 35.5. The summed E-state index contributed by atoms with van der Waals surface area (Å²) in [6, 6.07) is 5.26. The average Bonchev–Trinajstić information content (AvgIpc) is 2.86. The van der Waals surface area contributed by atoms with Crippen LogP contribution in [0, 0.1) is 0 Å². The van der Waals surface area contributed by atoms with Gasteiger partial charge in [-0.1, -0.05) is 0 Å². The monoisotopic (exact) mass is 269 g/mol. The molecule has 0 aromatic heterocycles. The number of carbonyl (C=O) groups is 1. The molecule has 0 aliphatic carbocycles. The van der Waals surface area contributed by atoms with E-state index in [4.69, 9.17) is 21.1 Å². The molecule has 0 spiro atoms. The van der Waals surface area contributed by atoms with Crippen molar-refractivity contribution in [1.82, 2.24) is 4.90 Å². The fourth-order valence-electron chi connectivity index (χ4n) is 1.87. The van der Waals surface area contributed by atoms with Gasteiger partial charge in [-0.25, -0.2) is 0 Å². The molecule has 0 unspecified atom stereocenters. The minimum atomic E-state index is 0.000849. The van der Waals surface area contributed by atoms with Gasteiger partial charge >= 0.3 is 0 Å². The van der Waals surface area contributed by atoms with Crippen molar-refractivity contribution in [3.63, 3.8) is 0 Å². The fraction of sp³-hybridized carbons (Fsp3) is 0.462. The molecule has 4 nitrogen and oxygen atoms in total. The van der Waals surface area contributed by atoms with Crippen LogP contribution in [0.4, 0.5) is 0 Å². The summed E-state index contributed by atoms with van der Waals surface area (Å²) < 4.78 is 10.5. The molecule has 0 saturated heterocycles. The lowest BCUT2D eigenvalue weighted by molar-refractivity contribution is 0.0764. The second-order valence-electron chi connectivity index (χ2n) is 4.00. The summed E-state index contributed by atoms with van der Waals surface area (Å²) in [5.41, 5.74) is 0.621. The van der Waals surface area contributed by atoms with Crippen LogP contribution in [0.1, 0.15) is 23.7 Å². The lowest BCUT2D eigenvalue weighted by atomic mass is 10.1. The number of rotatable bonds is 5. The highest BCUT2D eigenvalue weighted by Crippen LogP contribution is 2.32. The van der Waals surface area contributed by atoms with Gasteiger partial charge in [0.1, 0.15) is 0 Å². The largest absolute Gasteiger partial charge is 0.454 e. The summed E-state index contributed by atoms with van der Waals surface area (Å²) in [7, 11) is 0. The van der Waals surface area contributed by atoms with Crippen molar-refractivity contribution in [2.75, 3.05) is 25.8 Å². The third-order valence-corrected chi connectivity index (χ3v) is 3.12. The Balaban J connectivity index is 2.12. The number of carbonyl (C=O) groups excluding carboxylic acids is 1. The highest BCUT2D eigenvalue weighted by Gasteiger charge is 2.19. The number of amides is 1.